The molecule has 1 aromatic heterocycles. The Hall–Kier alpha value is -0.480. The van der Waals surface area contributed by atoms with Crippen LogP contribution < -0.4 is 5.32 Å². The second-order valence-electron chi connectivity index (χ2n) is 4.33. The predicted molar refractivity (Wildman–Crippen MR) is 69.8 cm³/mol. The van der Waals surface area contributed by atoms with Crippen LogP contribution in [0.5, 0.6) is 0 Å². The van der Waals surface area contributed by atoms with Crippen molar-refractivity contribution in [3.8, 4) is 0 Å². The standard InChI is InChI=1S/C12H21N3S/c1-3-16-7-6-15-10(2)11(9-14-15)8-13-12-4-5-12/h9,12-13H,3-8H2,1-2H3. The van der Waals surface area contributed by atoms with Gasteiger partial charge in [0, 0.05) is 29.6 Å². The van der Waals surface area contributed by atoms with E-state index in [-0.39, 0.29) is 0 Å². The van der Waals surface area contributed by atoms with E-state index in [1.807, 2.05) is 18.0 Å². The van der Waals surface area contributed by atoms with Gasteiger partial charge in [-0.3, -0.25) is 4.68 Å². The minimum atomic E-state index is 0.776. The molecule has 0 bridgehead atoms. The zero-order valence-electron chi connectivity index (χ0n) is 10.2. The fraction of sp³-hybridized carbons (Fsp3) is 0.750. The number of nitrogens with zero attached hydrogens (tertiary/aromatic N) is 2. The van der Waals surface area contributed by atoms with Gasteiger partial charge in [0.05, 0.1) is 12.7 Å². The molecule has 0 aromatic carbocycles. The zero-order valence-corrected chi connectivity index (χ0v) is 11.0. The highest BCUT2D eigenvalue weighted by atomic mass is 32.2. The fourth-order valence-corrected chi connectivity index (χ4v) is 2.31. The average molecular weight is 239 g/mol. The zero-order chi connectivity index (χ0) is 11.4. The molecule has 0 radical (unpaired) electrons. The summed E-state index contributed by atoms with van der Waals surface area (Å²) in [6, 6.07) is 0.776. The summed E-state index contributed by atoms with van der Waals surface area (Å²) in [5.41, 5.74) is 2.68. The largest absolute Gasteiger partial charge is 0.310 e. The second kappa shape index (κ2) is 5.73. The first-order valence-electron chi connectivity index (χ1n) is 6.13. The van der Waals surface area contributed by atoms with E-state index in [0.717, 1.165) is 24.9 Å². The van der Waals surface area contributed by atoms with E-state index >= 15 is 0 Å². The lowest BCUT2D eigenvalue weighted by atomic mass is 10.2. The quantitative estimate of drug-likeness (QED) is 0.740. The molecule has 0 atom stereocenters. The van der Waals surface area contributed by atoms with Crippen LogP contribution in [0.2, 0.25) is 0 Å². The van der Waals surface area contributed by atoms with E-state index < -0.39 is 0 Å². The van der Waals surface area contributed by atoms with Gasteiger partial charge in [0.2, 0.25) is 0 Å². The van der Waals surface area contributed by atoms with Crippen LogP contribution in [0.3, 0.4) is 0 Å². The van der Waals surface area contributed by atoms with Crippen molar-refractivity contribution < 1.29 is 0 Å². The van der Waals surface area contributed by atoms with Gasteiger partial charge < -0.3 is 5.32 Å². The van der Waals surface area contributed by atoms with Crippen molar-refractivity contribution in [3.05, 3.63) is 17.5 Å². The molecule has 1 aromatic rings. The first-order valence-corrected chi connectivity index (χ1v) is 7.29. The van der Waals surface area contributed by atoms with E-state index in [1.165, 1.54) is 29.9 Å². The van der Waals surface area contributed by atoms with Crippen LogP contribution in [0, 0.1) is 6.92 Å². The van der Waals surface area contributed by atoms with Crippen molar-refractivity contribution >= 4 is 11.8 Å². The minimum Gasteiger partial charge on any atom is -0.310 e. The molecule has 2 rings (SSSR count). The Morgan fingerprint density at radius 1 is 1.56 bits per heavy atom. The summed E-state index contributed by atoms with van der Waals surface area (Å²) < 4.78 is 2.13. The molecular formula is C12H21N3S. The van der Waals surface area contributed by atoms with Gasteiger partial charge in [0.25, 0.3) is 0 Å². The molecule has 0 aliphatic heterocycles. The Morgan fingerprint density at radius 3 is 3.06 bits per heavy atom. The maximum Gasteiger partial charge on any atom is 0.0537 e. The van der Waals surface area contributed by atoms with Crippen LogP contribution in [-0.2, 0) is 13.1 Å². The third kappa shape index (κ3) is 3.25. The van der Waals surface area contributed by atoms with Crippen LogP contribution in [0.15, 0.2) is 6.20 Å². The van der Waals surface area contributed by atoms with Crippen LogP contribution in [-0.4, -0.2) is 27.3 Å². The first kappa shape index (κ1) is 12.0. The maximum atomic E-state index is 4.45. The molecule has 1 fully saturated rings. The minimum absolute atomic E-state index is 0.776. The van der Waals surface area contributed by atoms with Crippen molar-refractivity contribution in [2.75, 3.05) is 11.5 Å². The Kier molecular flexibility index (Phi) is 4.29. The number of hydrogen-bond acceptors (Lipinski definition) is 3. The third-order valence-electron chi connectivity index (χ3n) is 3.01. The molecule has 16 heavy (non-hydrogen) atoms. The number of aryl methyl sites for hydroxylation is 1. The number of rotatable bonds is 7. The Labute approximate surface area is 102 Å². The summed E-state index contributed by atoms with van der Waals surface area (Å²) in [7, 11) is 0. The molecule has 1 heterocycles. The van der Waals surface area contributed by atoms with Crippen molar-refractivity contribution in [1.29, 1.82) is 0 Å². The second-order valence-corrected chi connectivity index (χ2v) is 5.72. The molecule has 4 heteroatoms. The van der Waals surface area contributed by atoms with Crippen LogP contribution in [0.4, 0.5) is 0 Å². The van der Waals surface area contributed by atoms with Gasteiger partial charge in [-0.15, -0.1) is 0 Å². The van der Waals surface area contributed by atoms with Crippen molar-refractivity contribution in [2.24, 2.45) is 0 Å². The fourth-order valence-electron chi connectivity index (χ4n) is 1.72. The summed E-state index contributed by atoms with van der Waals surface area (Å²) in [5, 5.41) is 7.98. The van der Waals surface area contributed by atoms with E-state index in [9.17, 15) is 0 Å². The lowest BCUT2D eigenvalue weighted by Gasteiger charge is -2.05. The van der Waals surface area contributed by atoms with Crippen molar-refractivity contribution in [2.45, 2.75) is 45.8 Å². The van der Waals surface area contributed by atoms with Crippen molar-refractivity contribution in [1.82, 2.24) is 15.1 Å². The monoisotopic (exact) mass is 239 g/mol. The van der Waals surface area contributed by atoms with Gasteiger partial charge in [-0.2, -0.15) is 16.9 Å². The van der Waals surface area contributed by atoms with Gasteiger partial charge in [-0.05, 0) is 25.5 Å². The third-order valence-corrected chi connectivity index (χ3v) is 3.89. The summed E-state index contributed by atoms with van der Waals surface area (Å²) in [6.07, 6.45) is 4.71. The number of nitrogens with one attached hydrogen (secondary N) is 1. The normalized spacial score (nSPS) is 15.6. The maximum absolute atomic E-state index is 4.45. The molecule has 0 unspecified atom stereocenters. The lowest BCUT2D eigenvalue weighted by molar-refractivity contribution is 0.638. The highest BCUT2D eigenvalue weighted by molar-refractivity contribution is 7.99. The Morgan fingerprint density at radius 2 is 2.38 bits per heavy atom. The molecule has 1 saturated carbocycles. The number of thioether (sulfide) groups is 1. The molecule has 3 nitrogen and oxygen atoms in total. The van der Waals surface area contributed by atoms with Gasteiger partial charge in [0.1, 0.15) is 0 Å². The lowest BCUT2D eigenvalue weighted by Crippen LogP contribution is -2.16. The molecule has 0 amide bonds. The number of aromatic nitrogens is 2. The average Bonchev–Trinajstić information content (AvgIpc) is 3.04. The summed E-state index contributed by atoms with van der Waals surface area (Å²) in [5.74, 6) is 2.35. The first-order chi connectivity index (χ1) is 7.81. The van der Waals surface area contributed by atoms with Crippen LogP contribution in [0.1, 0.15) is 31.0 Å². The van der Waals surface area contributed by atoms with Gasteiger partial charge in [0.15, 0.2) is 0 Å². The molecule has 90 valence electrons. The molecule has 0 spiro atoms. The molecule has 1 aliphatic rings. The van der Waals surface area contributed by atoms with E-state index in [1.54, 1.807) is 0 Å². The molecular weight excluding hydrogens is 218 g/mol. The smallest absolute Gasteiger partial charge is 0.0537 e. The van der Waals surface area contributed by atoms with Gasteiger partial charge in [-0.25, -0.2) is 0 Å². The van der Waals surface area contributed by atoms with E-state index in [4.69, 9.17) is 0 Å². The van der Waals surface area contributed by atoms with Gasteiger partial charge >= 0.3 is 0 Å². The molecule has 1 aliphatic carbocycles. The van der Waals surface area contributed by atoms with Crippen molar-refractivity contribution in [3.63, 3.8) is 0 Å². The summed E-state index contributed by atoms with van der Waals surface area (Å²) in [6.45, 7) is 6.39. The topological polar surface area (TPSA) is 29.9 Å². The number of hydrogen-bond donors (Lipinski definition) is 1. The predicted octanol–water partition coefficient (Wildman–Crippen LogP) is 2.20. The van der Waals surface area contributed by atoms with Crippen LogP contribution in [0.25, 0.3) is 0 Å². The highest BCUT2D eigenvalue weighted by Crippen LogP contribution is 2.19. The Bertz CT molecular complexity index is 331. The molecule has 1 N–H and O–H groups in total. The summed E-state index contributed by atoms with van der Waals surface area (Å²) in [4.78, 5) is 0. The Balaban J connectivity index is 1.83. The van der Waals surface area contributed by atoms with Crippen LogP contribution >= 0.6 is 11.8 Å². The SMILES string of the molecule is CCSCCn1ncc(CNC2CC2)c1C. The van der Waals surface area contributed by atoms with Gasteiger partial charge in [-0.1, -0.05) is 6.92 Å². The van der Waals surface area contributed by atoms with E-state index in [0.29, 0.717) is 0 Å². The summed E-state index contributed by atoms with van der Waals surface area (Å²) >= 11 is 1.97. The highest BCUT2D eigenvalue weighted by Gasteiger charge is 2.20. The van der Waals surface area contributed by atoms with E-state index in [2.05, 4.69) is 28.9 Å². The molecule has 0 saturated heterocycles.